The van der Waals surface area contributed by atoms with Gasteiger partial charge in [0.25, 0.3) is 0 Å². The number of amides is 2. The number of carbonyl (C=O) groups is 2. The summed E-state index contributed by atoms with van der Waals surface area (Å²) in [6.45, 7) is 4.37. The van der Waals surface area contributed by atoms with Crippen LogP contribution in [-0.4, -0.2) is 18.0 Å². The van der Waals surface area contributed by atoms with Gasteiger partial charge in [0.1, 0.15) is 0 Å². The van der Waals surface area contributed by atoms with Crippen molar-refractivity contribution >= 4 is 18.0 Å². The quantitative estimate of drug-likeness (QED) is 0.504. The minimum Gasteiger partial charge on any atom is -0.344 e. The van der Waals surface area contributed by atoms with Crippen LogP contribution >= 0.6 is 0 Å². The minimum absolute atomic E-state index is 0.300. The Balaban J connectivity index is 1.79. The van der Waals surface area contributed by atoms with Crippen molar-refractivity contribution in [3.8, 4) is 0 Å². The molecule has 0 spiro atoms. The third-order valence-electron chi connectivity index (χ3n) is 3.55. The maximum atomic E-state index is 11.7. The largest absolute Gasteiger partial charge is 0.344 e. The first-order valence-electron chi connectivity index (χ1n) is 7.84. The van der Waals surface area contributed by atoms with Crippen LogP contribution in [0.2, 0.25) is 0 Å². The van der Waals surface area contributed by atoms with Crippen LogP contribution in [0.5, 0.6) is 0 Å². The zero-order valence-corrected chi connectivity index (χ0v) is 13.9. The lowest BCUT2D eigenvalue weighted by Gasteiger charge is -2.04. The molecular weight excluding hydrogens is 302 g/mol. The van der Waals surface area contributed by atoms with E-state index in [0.717, 1.165) is 23.1 Å². The van der Waals surface area contributed by atoms with Gasteiger partial charge in [-0.3, -0.25) is 9.59 Å². The standard InChI is InChI=1S/C19H21N3O2/c1-3-15-8-10-17(11-9-15)13-21-22-19(24)18(23)20-12-16-6-4-14(2)5-7-16/h4-11,13H,3,12H2,1-2H3,(H,20,23)(H,22,24). The molecule has 0 fully saturated rings. The van der Waals surface area contributed by atoms with Gasteiger partial charge in [0, 0.05) is 6.54 Å². The predicted molar refractivity (Wildman–Crippen MR) is 94.6 cm³/mol. The van der Waals surface area contributed by atoms with E-state index in [4.69, 9.17) is 0 Å². The van der Waals surface area contributed by atoms with Gasteiger partial charge in [-0.05, 0) is 30.0 Å². The number of hydrogen-bond acceptors (Lipinski definition) is 3. The molecule has 2 amide bonds. The van der Waals surface area contributed by atoms with Crippen molar-refractivity contribution in [3.05, 3.63) is 70.8 Å². The van der Waals surface area contributed by atoms with Crippen LogP contribution in [0.25, 0.3) is 0 Å². The summed E-state index contributed by atoms with van der Waals surface area (Å²) in [4.78, 5) is 23.4. The highest BCUT2D eigenvalue weighted by Crippen LogP contribution is 2.03. The summed E-state index contributed by atoms with van der Waals surface area (Å²) in [5.41, 5.74) is 6.38. The zero-order chi connectivity index (χ0) is 17.4. The van der Waals surface area contributed by atoms with Crippen molar-refractivity contribution in [3.63, 3.8) is 0 Å². The molecule has 24 heavy (non-hydrogen) atoms. The zero-order valence-electron chi connectivity index (χ0n) is 13.9. The van der Waals surface area contributed by atoms with E-state index < -0.39 is 11.8 Å². The van der Waals surface area contributed by atoms with Crippen LogP contribution in [0.4, 0.5) is 0 Å². The average Bonchev–Trinajstić information content (AvgIpc) is 2.61. The van der Waals surface area contributed by atoms with E-state index in [1.54, 1.807) is 0 Å². The fraction of sp³-hybridized carbons (Fsp3) is 0.211. The Morgan fingerprint density at radius 3 is 2.21 bits per heavy atom. The highest BCUT2D eigenvalue weighted by Gasteiger charge is 2.11. The van der Waals surface area contributed by atoms with Gasteiger partial charge in [0.2, 0.25) is 0 Å². The first kappa shape index (κ1) is 17.4. The molecule has 0 unspecified atom stereocenters. The Morgan fingerprint density at radius 2 is 1.58 bits per heavy atom. The highest BCUT2D eigenvalue weighted by atomic mass is 16.2. The fourth-order valence-corrected chi connectivity index (χ4v) is 2.02. The second kappa shape index (κ2) is 8.62. The Labute approximate surface area is 141 Å². The summed E-state index contributed by atoms with van der Waals surface area (Å²) >= 11 is 0. The molecule has 0 aliphatic heterocycles. The Morgan fingerprint density at radius 1 is 0.958 bits per heavy atom. The van der Waals surface area contributed by atoms with Crippen LogP contribution in [0, 0.1) is 6.92 Å². The van der Waals surface area contributed by atoms with E-state index in [1.165, 1.54) is 11.8 Å². The molecule has 2 rings (SSSR count). The second-order valence-corrected chi connectivity index (χ2v) is 5.46. The first-order valence-corrected chi connectivity index (χ1v) is 7.84. The highest BCUT2D eigenvalue weighted by molar-refractivity contribution is 6.35. The molecule has 2 aromatic rings. The molecule has 0 aromatic heterocycles. The fourth-order valence-electron chi connectivity index (χ4n) is 2.02. The molecule has 0 saturated heterocycles. The molecule has 2 N–H and O–H groups in total. The summed E-state index contributed by atoms with van der Waals surface area (Å²) < 4.78 is 0. The van der Waals surface area contributed by atoms with E-state index in [1.807, 2.05) is 55.5 Å². The Bertz CT molecular complexity index is 719. The molecule has 5 nitrogen and oxygen atoms in total. The molecule has 0 bridgehead atoms. The number of aryl methyl sites for hydroxylation is 2. The van der Waals surface area contributed by atoms with Crippen LogP contribution in [0.3, 0.4) is 0 Å². The van der Waals surface area contributed by atoms with Gasteiger partial charge in [0.15, 0.2) is 0 Å². The lowest BCUT2D eigenvalue weighted by molar-refractivity contribution is -0.139. The van der Waals surface area contributed by atoms with Crippen molar-refractivity contribution in [1.29, 1.82) is 0 Å². The second-order valence-electron chi connectivity index (χ2n) is 5.46. The molecule has 0 aliphatic carbocycles. The van der Waals surface area contributed by atoms with E-state index in [0.29, 0.717) is 6.54 Å². The number of nitrogens with zero attached hydrogens (tertiary/aromatic N) is 1. The van der Waals surface area contributed by atoms with Gasteiger partial charge < -0.3 is 5.32 Å². The van der Waals surface area contributed by atoms with E-state index in [2.05, 4.69) is 22.8 Å². The summed E-state index contributed by atoms with van der Waals surface area (Å²) in [6.07, 6.45) is 2.47. The van der Waals surface area contributed by atoms with Crippen molar-refractivity contribution < 1.29 is 9.59 Å². The van der Waals surface area contributed by atoms with Crippen molar-refractivity contribution in [1.82, 2.24) is 10.7 Å². The van der Waals surface area contributed by atoms with E-state index in [-0.39, 0.29) is 0 Å². The van der Waals surface area contributed by atoms with Crippen molar-refractivity contribution in [2.24, 2.45) is 5.10 Å². The lowest BCUT2D eigenvalue weighted by atomic mass is 10.1. The summed E-state index contributed by atoms with van der Waals surface area (Å²) in [5, 5.41) is 6.36. The molecule has 2 aromatic carbocycles. The van der Waals surface area contributed by atoms with Gasteiger partial charge >= 0.3 is 11.8 Å². The monoisotopic (exact) mass is 323 g/mol. The third-order valence-corrected chi connectivity index (χ3v) is 3.55. The molecule has 0 heterocycles. The molecule has 124 valence electrons. The average molecular weight is 323 g/mol. The van der Waals surface area contributed by atoms with Crippen molar-refractivity contribution in [2.45, 2.75) is 26.8 Å². The number of rotatable bonds is 5. The normalized spacial score (nSPS) is 10.6. The van der Waals surface area contributed by atoms with Gasteiger partial charge in [-0.25, -0.2) is 5.43 Å². The molecular formula is C19H21N3O2. The SMILES string of the molecule is CCc1ccc(C=NNC(=O)C(=O)NCc2ccc(C)cc2)cc1. The summed E-state index contributed by atoms with van der Waals surface area (Å²) in [7, 11) is 0. The molecule has 0 saturated carbocycles. The van der Waals surface area contributed by atoms with Gasteiger partial charge in [-0.15, -0.1) is 0 Å². The van der Waals surface area contributed by atoms with E-state index >= 15 is 0 Å². The molecule has 0 atom stereocenters. The van der Waals surface area contributed by atoms with Gasteiger partial charge in [-0.1, -0.05) is 61.0 Å². The number of benzene rings is 2. The van der Waals surface area contributed by atoms with Crippen LogP contribution in [-0.2, 0) is 22.6 Å². The number of carbonyl (C=O) groups excluding carboxylic acids is 2. The molecule has 0 aliphatic rings. The van der Waals surface area contributed by atoms with Gasteiger partial charge in [-0.2, -0.15) is 5.10 Å². The lowest BCUT2D eigenvalue weighted by Crippen LogP contribution is -2.37. The number of hydrazone groups is 1. The minimum atomic E-state index is -0.788. The Hall–Kier alpha value is -2.95. The predicted octanol–water partition coefficient (Wildman–Crippen LogP) is 2.32. The van der Waals surface area contributed by atoms with Crippen LogP contribution in [0.1, 0.15) is 29.2 Å². The number of nitrogens with one attached hydrogen (secondary N) is 2. The molecule has 0 radical (unpaired) electrons. The van der Waals surface area contributed by atoms with Crippen LogP contribution < -0.4 is 10.7 Å². The van der Waals surface area contributed by atoms with Gasteiger partial charge in [0.05, 0.1) is 6.21 Å². The third kappa shape index (κ3) is 5.35. The summed E-state index contributed by atoms with van der Waals surface area (Å²) in [6, 6.07) is 15.5. The van der Waals surface area contributed by atoms with Crippen molar-refractivity contribution in [2.75, 3.05) is 0 Å². The Kier molecular flexibility index (Phi) is 6.25. The first-order chi connectivity index (χ1) is 11.6. The maximum Gasteiger partial charge on any atom is 0.329 e. The number of hydrogen-bond donors (Lipinski definition) is 2. The maximum absolute atomic E-state index is 11.7. The smallest absolute Gasteiger partial charge is 0.329 e. The molecule has 5 heteroatoms. The van der Waals surface area contributed by atoms with Crippen LogP contribution in [0.15, 0.2) is 53.6 Å². The summed E-state index contributed by atoms with van der Waals surface area (Å²) in [5.74, 6) is -1.50. The topological polar surface area (TPSA) is 70.6 Å². The van der Waals surface area contributed by atoms with E-state index in [9.17, 15) is 9.59 Å².